The number of nitrogens with two attached hydrogens (primary N) is 1. The minimum Gasteiger partial charge on any atom is -0.444 e. The van der Waals surface area contributed by atoms with Gasteiger partial charge in [0, 0.05) is 49.1 Å². The molecule has 1 saturated heterocycles. The van der Waals surface area contributed by atoms with Crippen molar-refractivity contribution in [1.82, 2.24) is 30.5 Å². The third-order valence-electron chi connectivity index (χ3n) is 9.38. The molecular weight excluding hydrogens is 698 g/mol. The fourth-order valence-corrected chi connectivity index (χ4v) is 6.74. The van der Waals surface area contributed by atoms with Crippen molar-refractivity contribution in [3.8, 4) is 22.5 Å². The molecule has 2 fully saturated rings. The van der Waals surface area contributed by atoms with Crippen LogP contribution in [0, 0.1) is 11.8 Å². The van der Waals surface area contributed by atoms with Crippen LogP contribution in [0.15, 0.2) is 60.9 Å². The number of carbonyl (C=O) groups excluding carboxylic acids is 3. The lowest BCUT2D eigenvalue weighted by molar-refractivity contribution is -0.130. The summed E-state index contributed by atoms with van der Waals surface area (Å²) in [6.07, 6.45) is 5.91. The van der Waals surface area contributed by atoms with Crippen molar-refractivity contribution in [1.29, 1.82) is 0 Å². The number of H-pyrrole nitrogens is 1. The van der Waals surface area contributed by atoms with Crippen molar-refractivity contribution < 1.29 is 23.9 Å². The summed E-state index contributed by atoms with van der Waals surface area (Å²) in [6.45, 7) is 8.70. The number of morpholine rings is 1. The smallest absolute Gasteiger partial charge is 0.407 e. The van der Waals surface area contributed by atoms with E-state index in [0.717, 1.165) is 42.6 Å². The number of aromatic amines is 1. The van der Waals surface area contributed by atoms with Gasteiger partial charge in [0.05, 0.1) is 24.9 Å². The molecule has 280 valence electrons. The van der Waals surface area contributed by atoms with Gasteiger partial charge in [-0.3, -0.25) is 9.59 Å². The number of rotatable bonds is 10. The molecule has 4 aromatic rings. The molecule has 53 heavy (non-hydrogen) atoms. The van der Waals surface area contributed by atoms with Gasteiger partial charge in [-0.15, -0.1) is 0 Å². The van der Waals surface area contributed by atoms with Crippen molar-refractivity contribution in [3.63, 3.8) is 0 Å². The second-order valence-corrected chi connectivity index (χ2v) is 14.8. The Labute approximate surface area is 313 Å². The van der Waals surface area contributed by atoms with Gasteiger partial charge in [-0.05, 0) is 106 Å². The molecule has 1 atom stereocenters. The number of alkyl carbamates (subject to hydrolysis) is 1. The first-order chi connectivity index (χ1) is 25.4. The van der Waals surface area contributed by atoms with Gasteiger partial charge >= 0.3 is 6.09 Å². The highest BCUT2D eigenvalue weighted by molar-refractivity contribution is 6.28. The number of carbonyl (C=O) groups is 3. The lowest BCUT2D eigenvalue weighted by Gasteiger charge is -2.32. The maximum Gasteiger partial charge on any atom is 0.407 e. The van der Waals surface area contributed by atoms with Gasteiger partial charge in [0.15, 0.2) is 5.82 Å². The summed E-state index contributed by atoms with van der Waals surface area (Å²) in [6, 6.07) is 13.6. The quantitative estimate of drug-likeness (QED) is 0.195. The van der Waals surface area contributed by atoms with Gasteiger partial charge in [0.2, 0.25) is 17.1 Å². The zero-order valence-corrected chi connectivity index (χ0v) is 31.0. The number of benzene rings is 2. The standard InChI is InChI=1S/C38H46ClN9O5/c1-38(2,3)53-37(51)43-21-24-7-9-27(10-8-24)33(49)48(30-13-11-26(12-14-30)32-44-35(39)46-45-32)34(50)31(40)20-25-5-4-6-28(19-25)29-22-41-36(42-23-29)47-15-17-52-18-16-47/h4-6,11-14,19,22-24,27,31H,7-10,15-18,20-21,40H2,1-3H3,(H,43,51)(H,44,45,46)/t24?,27?,31-/m0/s1. The molecule has 6 rings (SSSR count). The number of ether oxygens (including phenoxy) is 2. The van der Waals surface area contributed by atoms with E-state index in [1.54, 1.807) is 36.7 Å². The molecule has 0 unspecified atom stereocenters. The SMILES string of the molecule is CC(C)(C)OC(=O)NCC1CCC(C(=O)N(C(=O)[C@@H](N)Cc2cccc(-c3cnc(N4CCOCC4)nc3)c2)c2ccc(-c3n[nH]c(Cl)n3)cc2)CC1. The van der Waals surface area contributed by atoms with Crippen molar-refractivity contribution in [2.24, 2.45) is 17.6 Å². The monoisotopic (exact) mass is 743 g/mol. The number of amides is 3. The Morgan fingerprint density at radius 2 is 1.72 bits per heavy atom. The molecule has 15 heteroatoms. The van der Waals surface area contributed by atoms with E-state index in [9.17, 15) is 14.4 Å². The van der Waals surface area contributed by atoms with Crippen LogP contribution < -0.4 is 20.9 Å². The van der Waals surface area contributed by atoms with E-state index in [0.29, 0.717) is 55.6 Å². The maximum atomic E-state index is 14.3. The fraction of sp³-hybridized carbons (Fsp3) is 0.447. The minimum absolute atomic E-state index is 0.153. The number of halogens is 1. The van der Waals surface area contributed by atoms with E-state index in [-0.39, 0.29) is 29.4 Å². The van der Waals surface area contributed by atoms with Gasteiger partial charge in [0.1, 0.15) is 5.60 Å². The van der Waals surface area contributed by atoms with Gasteiger partial charge < -0.3 is 25.4 Å². The molecule has 0 spiro atoms. The van der Waals surface area contributed by atoms with Crippen LogP contribution in [0.4, 0.5) is 16.4 Å². The Morgan fingerprint density at radius 1 is 1.02 bits per heavy atom. The summed E-state index contributed by atoms with van der Waals surface area (Å²) < 4.78 is 10.8. The number of nitrogens with one attached hydrogen (secondary N) is 2. The first kappa shape index (κ1) is 37.8. The summed E-state index contributed by atoms with van der Waals surface area (Å²) >= 11 is 5.93. The van der Waals surface area contributed by atoms with E-state index >= 15 is 0 Å². The van der Waals surface area contributed by atoms with Crippen LogP contribution in [-0.4, -0.2) is 87.5 Å². The number of anilines is 2. The van der Waals surface area contributed by atoms with Crippen LogP contribution in [0.3, 0.4) is 0 Å². The summed E-state index contributed by atoms with van der Waals surface area (Å²) in [5.41, 5.74) is 9.68. The van der Waals surface area contributed by atoms with E-state index in [4.69, 9.17) is 26.8 Å². The Balaban J connectivity index is 1.15. The predicted molar refractivity (Wildman–Crippen MR) is 201 cm³/mol. The van der Waals surface area contributed by atoms with Crippen molar-refractivity contribution in [3.05, 3.63) is 71.8 Å². The summed E-state index contributed by atoms with van der Waals surface area (Å²) in [5.74, 6) is 0.0542. The number of imide groups is 1. The van der Waals surface area contributed by atoms with Crippen molar-refractivity contribution in [2.45, 2.75) is 64.5 Å². The predicted octanol–water partition coefficient (Wildman–Crippen LogP) is 5.18. The van der Waals surface area contributed by atoms with Crippen molar-refractivity contribution >= 4 is 41.1 Å². The molecule has 0 bridgehead atoms. The molecule has 14 nitrogen and oxygen atoms in total. The second-order valence-electron chi connectivity index (χ2n) is 14.5. The molecule has 2 aromatic carbocycles. The molecule has 2 aromatic heterocycles. The third kappa shape index (κ3) is 9.95. The van der Waals surface area contributed by atoms with Crippen LogP contribution in [0.25, 0.3) is 22.5 Å². The van der Waals surface area contributed by atoms with Gasteiger partial charge in [-0.1, -0.05) is 24.3 Å². The van der Waals surface area contributed by atoms with E-state index < -0.39 is 23.6 Å². The number of hydrogen-bond acceptors (Lipinski definition) is 11. The zero-order valence-electron chi connectivity index (χ0n) is 30.3. The highest BCUT2D eigenvalue weighted by Gasteiger charge is 2.35. The van der Waals surface area contributed by atoms with E-state index in [2.05, 4.69) is 35.4 Å². The van der Waals surface area contributed by atoms with E-state index in [1.807, 2.05) is 45.0 Å². The number of nitrogens with zero attached hydrogens (tertiary/aromatic N) is 6. The molecular formula is C38H46ClN9O5. The average Bonchev–Trinajstić information content (AvgIpc) is 3.60. The van der Waals surface area contributed by atoms with Crippen LogP contribution in [0.1, 0.15) is 52.0 Å². The first-order valence-electron chi connectivity index (χ1n) is 18.0. The third-order valence-corrected chi connectivity index (χ3v) is 9.55. The Bertz CT molecular complexity index is 1870. The fourth-order valence-electron chi connectivity index (χ4n) is 6.61. The normalized spacial score (nSPS) is 18.2. The van der Waals surface area contributed by atoms with E-state index in [1.165, 1.54) is 4.90 Å². The molecule has 1 aliphatic carbocycles. The average molecular weight is 744 g/mol. The van der Waals surface area contributed by atoms with Gasteiger partial charge in [-0.25, -0.2) is 24.8 Å². The number of aromatic nitrogens is 5. The topological polar surface area (TPSA) is 182 Å². The largest absolute Gasteiger partial charge is 0.444 e. The molecule has 3 amide bonds. The van der Waals surface area contributed by atoms with Gasteiger partial charge in [-0.2, -0.15) is 10.1 Å². The number of hydrogen-bond donors (Lipinski definition) is 3. The van der Waals surface area contributed by atoms with Crippen LogP contribution in [-0.2, 0) is 25.5 Å². The lowest BCUT2D eigenvalue weighted by Crippen LogP contribution is -2.50. The highest BCUT2D eigenvalue weighted by atomic mass is 35.5. The summed E-state index contributed by atoms with van der Waals surface area (Å²) in [7, 11) is 0. The molecule has 2 aliphatic rings. The van der Waals surface area contributed by atoms with Crippen LogP contribution in [0.2, 0.25) is 5.28 Å². The second kappa shape index (κ2) is 16.8. The zero-order chi connectivity index (χ0) is 37.5. The molecule has 0 radical (unpaired) electrons. The Morgan fingerprint density at radius 3 is 2.36 bits per heavy atom. The molecule has 1 saturated carbocycles. The first-order valence-corrected chi connectivity index (χ1v) is 18.3. The van der Waals surface area contributed by atoms with Crippen LogP contribution >= 0.6 is 11.6 Å². The van der Waals surface area contributed by atoms with Crippen LogP contribution in [0.5, 0.6) is 0 Å². The van der Waals surface area contributed by atoms with Gasteiger partial charge in [0.25, 0.3) is 5.91 Å². The Hall–Kier alpha value is -4.92. The Kier molecular flexibility index (Phi) is 12.0. The summed E-state index contributed by atoms with van der Waals surface area (Å²) in [5, 5.41) is 9.71. The highest BCUT2D eigenvalue weighted by Crippen LogP contribution is 2.32. The molecule has 3 heterocycles. The van der Waals surface area contributed by atoms with Crippen molar-refractivity contribution in [2.75, 3.05) is 42.6 Å². The minimum atomic E-state index is -1.00. The lowest BCUT2D eigenvalue weighted by atomic mass is 9.81. The molecule has 1 aliphatic heterocycles. The molecule has 4 N–H and O–H groups in total. The summed E-state index contributed by atoms with van der Waals surface area (Å²) in [4.78, 5) is 57.3. The maximum absolute atomic E-state index is 14.3.